The molecule has 1 heterocycles. The molecule has 3 rings (SSSR count). The van der Waals surface area contributed by atoms with Crippen molar-refractivity contribution in [3.8, 4) is 0 Å². The SMILES string of the molecule is COC(=O)C1=C(C)N(c2ccc(C)c(C)c2)C(=O)/C1=C\c1ccc(Cl)cc1Cl. The summed E-state index contributed by atoms with van der Waals surface area (Å²) in [5.74, 6) is -0.888. The lowest BCUT2D eigenvalue weighted by Gasteiger charge is -2.19. The Morgan fingerprint density at radius 2 is 1.75 bits per heavy atom. The second-order valence-electron chi connectivity index (χ2n) is 6.58. The summed E-state index contributed by atoms with van der Waals surface area (Å²) in [6.45, 7) is 5.70. The first-order valence-corrected chi connectivity index (χ1v) is 9.38. The minimum Gasteiger partial charge on any atom is -0.465 e. The zero-order valence-corrected chi connectivity index (χ0v) is 17.5. The smallest absolute Gasteiger partial charge is 0.340 e. The molecule has 0 spiro atoms. The third kappa shape index (κ3) is 3.58. The standard InChI is InChI=1S/C22H19Cl2NO3/c1-12-5-8-17(9-13(12)2)25-14(3)20(22(27)28-4)18(21(25)26)10-15-6-7-16(23)11-19(15)24/h5-11H,1-4H3/b18-10-. The van der Waals surface area contributed by atoms with Gasteiger partial charge in [0.2, 0.25) is 0 Å². The van der Waals surface area contributed by atoms with Crippen LogP contribution in [0.4, 0.5) is 5.69 Å². The van der Waals surface area contributed by atoms with Crippen LogP contribution in [-0.2, 0) is 14.3 Å². The molecule has 1 aliphatic heterocycles. The molecule has 0 bridgehead atoms. The van der Waals surface area contributed by atoms with Gasteiger partial charge in [0.25, 0.3) is 5.91 Å². The fraction of sp³-hybridized carbons (Fsp3) is 0.182. The lowest BCUT2D eigenvalue weighted by atomic mass is 10.0. The van der Waals surface area contributed by atoms with Gasteiger partial charge < -0.3 is 4.74 Å². The highest BCUT2D eigenvalue weighted by Crippen LogP contribution is 2.37. The maximum Gasteiger partial charge on any atom is 0.340 e. The van der Waals surface area contributed by atoms with Gasteiger partial charge in [0.05, 0.1) is 18.3 Å². The molecule has 0 aliphatic carbocycles. The fourth-order valence-corrected chi connectivity index (χ4v) is 3.59. The Bertz CT molecular complexity index is 1050. The zero-order chi connectivity index (χ0) is 20.6. The minimum absolute atomic E-state index is 0.219. The highest BCUT2D eigenvalue weighted by molar-refractivity contribution is 6.36. The Balaban J connectivity index is 2.17. The quantitative estimate of drug-likeness (QED) is 0.491. The molecule has 0 radical (unpaired) electrons. The molecule has 2 aromatic rings. The summed E-state index contributed by atoms with van der Waals surface area (Å²) < 4.78 is 4.93. The molecule has 0 N–H and O–H groups in total. The molecule has 0 unspecified atom stereocenters. The number of methoxy groups -OCH3 is 1. The first-order chi connectivity index (χ1) is 13.2. The van der Waals surface area contributed by atoms with Crippen LogP contribution < -0.4 is 4.90 Å². The average molecular weight is 416 g/mol. The Morgan fingerprint density at radius 1 is 1.04 bits per heavy atom. The van der Waals surface area contributed by atoms with E-state index in [4.69, 9.17) is 27.9 Å². The summed E-state index contributed by atoms with van der Waals surface area (Å²) in [7, 11) is 1.29. The van der Waals surface area contributed by atoms with Gasteiger partial charge in [0, 0.05) is 21.4 Å². The Kier molecular flexibility index (Phi) is 5.64. The maximum atomic E-state index is 13.3. The number of anilines is 1. The van der Waals surface area contributed by atoms with E-state index in [2.05, 4.69) is 0 Å². The molecule has 1 amide bonds. The van der Waals surface area contributed by atoms with Crippen LogP contribution in [0.15, 0.2) is 53.2 Å². The number of allylic oxidation sites excluding steroid dienone is 1. The van der Waals surface area contributed by atoms with Gasteiger partial charge in [0.1, 0.15) is 0 Å². The average Bonchev–Trinajstić information content (AvgIpc) is 2.89. The summed E-state index contributed by atoms with van der Waals surface area (Å²) in [5.41, 5.74) is 4.41. The van der Waals surface area contributed by atoms with E-state index in [-0.39, 0.29) is 17.1 Å². The van der Waals surface area contributed by atoms with Crippen LogP contribution in [-0.4, -0.2) is 19.0 Å². The number of hydrogen-bond acceptors (Lipinski definition) is 3. The number of esters is 1. The predicted octanol–water partition coefficient (Wildman–Crippen LogP) is 5.49. The molecule has 0 fully saturated rings. The lowest BCUT2D eigenvalue weighted by molar-refractivity contribution is -0.136. The number of aryl methyl sites for hydroxylation is 2. The number of hydrogen-bond donors (Lipinski definition) is 0. The monoisotopic (exact) mass is 415 g/mol. The van der Waals surface area contributed by atoms with Crippen LogP contribution in [0.3, 0.4) is 0 Å². The first kappa shape index (κ1) is 20.2. The number of ether oxygens (including phenoxy) is 1. The normalized spacial score (nSPS) is 15.6. The van der Waals surface area contributed by atoms with Gasteiger partial charge in [-0.25, -0.2) is 4.79 Å². The van der Waals surface area contributed by atoms with E-state index in [0.29, 0.717) is 27.0 Å². The zero-order valence-electron chi connectivity index (χ0n) is 16.0. The van der Waals surface area contributed by atoms with E-state index in [9.17, 15) is 9.59 Å². The highest BCUT2D eigenvalue weighted by Gasteiger charge is 2.38. The Morgan fingerprint density at radius 3 is 2.36 bits per heavy atom. The van der Waals surface area contributed by atoms with Crippen molar-refractivity contribution in [1.29, 1.82) is 0 Å². The second kappa shape index (κ2) is 7.82. The van der Waals surface area contributed by atoms with Crippen LogP contribution in [0.2, 0.25) is 10.0 Å². The molecule has 0 aromatic heterocycles. The van der Waals surface area contributed by atoms with Gasteiger partial charge in [-0.3, -0.25) is 9.69 Å². The van der Waals surface area contributed by atoms with Crippen molar-refractivity contribution in [3.05, 3.63) is 80.0 Å². The molecule has 28 heavy (non-hydrogen) atoms. The van der Waals surface area contributed by atoms with Crippen molar-refractivity contribution in [2.45, 2.75) is 20.8 Å². The molecular formula is C22H19Cl2NO3. The van der Waals surface area contributed by atoms with Crippen molar-refractivity contribution < 1.29 is 14.3 Å². The summed E-state index contributed by atoms with van der Waals surface area (Å²) in [5, 5.41) is 0.876. The molecular weight excluding hydrogens is 397 g/mol. The number of nitrogens with zero attached hydrogens (tertiary/aromatic N) is 1. The molecule has 0 saturated heterocycles. The van der Waals surface area contributed by atoms with Gasteiger partial charge in [-0.1, -0.05) is 35.3 Å². The molecule has 1 aliphatic rings. The van der Waals surface area contributed by atoms with E-state index in [0.717, 1.165) is 11.1 Å². The lowest BCUT2D eigenvalue weighted by Crippen LogP contribution is -2.24. The van der Waals surface area contributed by atoms with Crippen LogP contribution in [0, 0.1) is 13.8 Å². The third-order valence-corrected chi connectivity index (χ3v) is 5.36. The van der Waals surface area contributed by atoms with Crippen LogP contribution >= 0.6 is 23.2 Å². The van der Waals surface area contributed by atoms with Crippen LogP contribution in [0.5, 0.6) is 0 Å². The van der Waals surface area contributed by atoms with Crippen molar-refractivity contribution in [2.24, 2.45) is 0 Å². The minimum atomic E-state index is -0.575. The number of benzene rings is 2. The van der Waals surface area contributed by atoms with E-state index < -0.39 is 5.97 Å². The van der Waals surface area contributed by atoms with Gasteiger partial charge in [-0.15, -0.1) is 0 Å². The van der Waals surface area contributed by atoms with E-state index >= 15 is 0 Å². The topological polar surface area (TPSA) is 46.6 Å². The van der Waals surface area contributed by atoms with Crippen molar-refractivity contribution >= 4 is 46.8 Å². The molecule has 2 aromatic carbocycles. The molecule has 4 nitrogen and oxygen atoms in total. The molecule has 0 saturated carbocycles. The van der Waals surface area contributed by atoms with E-state index in [1.165, 1.54) is 12.0 Å². The third-order valence-electron chi connectivity index (χ3n) is 4.80. The highest BCUT2D eigenvalue weighted by atomic mass is 35.5. The predicted molar refractivity (Wildman–Crippen MR) is 113 cm³/mol. The van der Waals surface area contributed by atoms with Crippen LogP contribution in [0.1, 0.15) is 23.6 Å². The molecule has 144 valence electrons. The van der Waals surface area contributed by atoms with Crippen molar-refractivity contribution in [2.75, 3.05) is 12.0 Å². The Hall–Kier alpha value is -2.56. The fourth-order valence-electron chi connectivity index (χ4n) is 3.13. The maximum absolute atomic E-state index is 13.3. The summed E-state index contributed by atoms with van der Waals surface area (Å²) in [4.78, 5) is 27.2. The van der Waals surface area contributed by atoms with E-state index in [1.807, 2.05) is 32.0 Å². The second-order valence-corrected chi connectivity index (χ2v) is 7.43. The van der Waals surface area contributed by atoms with Gasteiger partial charge in [-0.05, 0) is 67.8 Å². The van der Waals surface area contributed by atoms with E-state index in [1.54, 1.807) is 31.2 Å². The van der Waals surface area contributed by atoms with Crippen molar-refractivity contribution in [1.82, 2.24) is 0 Å². The number of carbonyl (C=O) groups excluding carboxylic acids is 2. The van der Waals surface area contributed by atoms with Crippen LogP contribution in [0.25, 0.3) is 6.08 Å². The van der Waals surface area contributed by atoms with Crippen molar-refractivity contribution in [3.63, 3.8) is 0 Å². The molecule has 0 atom stereocenters. The summed E-state index contributed by atoms with van der Waals surface area (Å²) in [6.07, 6.45) is 1.60. The molecule has 6 heteroatoms. The summed E-state index contributed by atoms with van der Waals surface area (Å²) >= 11 is 12.2. The summed E-state index contributed by atoms with van der Waals surface area (Å²) in [6, 6.07) is 10.7. The van der Waals surface area contributed by atoms with Gasteiger partial charge in [-0.2, -0.15) is 0 Å². The number of rotatable bonds is 3. The van der Waals surface area contributed by atoms with Gasteiger partial charge >= 0.3 is 5.97 Å². The number of halogens is 2. The largest absolute Gasteiger partial charge is 0.465 e. The van der Waals surface area contributed by atoms with Gasteiger partial charge in [0.15, 0.2) is 0 Å². The Labute approximate surface area is 174 Å². The number of carbonyl (C=O) groups is 2. The number of amides is 1. The first-order valence-electron chi connectivity index (χ1n) is 8.62.